The zero-order chi connectivity index (χ0) is 22.3. The molecule has 9 heteroatoms. The van der Waals surface area contributed by atoms with Crippen molar-refractivity contribution in [1.82, 2.24) is 20.4 Å². The molecule has 0 radical (unpaired) electrons. The predicted octanol–water partition coefficient (Wildman–Crippen LogP) is 2.85. The molecule has 172 valence electrons. The van der Waals surface area contributed by atoms with Crippen LogP contribution in [-0.2, 0) is 17.5 Å². The van der Waals surface area contributed by atoms with E-state index in [1.165, 1.54) is 0 Å². The van der Waals surface area contributed by atoms with E-state index in [2.05, 4.69) is 25.4 Å². The highest BCUT2D eigenvalue weighted by molar-refractivity contribution is 5.80. The Balaban J connectivity index is 1.42. The van der Waals surface area contributed by atoms with Gasteiger partial charge in [0, 0.05) is 58.3 Å². The molecule has 1 aliphatic heterocycles. The molecule has 1 aromatic rings. The Labute approximate surface area is 181 Å². The molecule has 0 aromatic heterocycles. The van der Waals surface area contributed by atoms with Crippen molar-refractivity contribution in [1.29, 1.82) is 0 Å². The fourth-order valence-electron chi connectivity index (χ4n) is 3.55. The van der Waals surface area contributed by atoms with E-state index in [0.29, 0.717) is 25.6 Å². The van der Waals surface area contributed by atoms with Crippen LogP contribution in [0.2, 0.25) is 0 Å². The molecule has 3 rings (SSSR count). The van der Waals surface area contributed by atoms with E-state index in [1.54, 1.807) is 12.1 Å². The van der Waals surface area contributed by atoms with Crippen molar-refractivity contribution in [2.45, 2.75) is 51.4 Å². The Morgan fingerprint density at radius 3 is 2.39 bits per heavy atom. The first-order valence-electron chi connectivity index (χ1n) is 11.1. The van der Waals surface area contributed by atoms with Crippen LogP contribution in [0.4, 0.5) is 13.2 Å². The highest BCUT2D eigenvalue weighted by atomic mass is 19.4. The first kappa shape index (κ1) is 23.4. The van der Waals surface area contributed by atoms with Gasteiger partial charge in [0.25, 0.3) is 0 Å². The quantitative estimate of drug-likeness (QED) is 0.372. The maximum Gasteiger partial charge on any atom is 0.416 e. The van der Waals surface area contributed by atoms with E-state index < -0.39 is 11.7 Å². The molecule has 31 heavy (non-hydrogen) atoms. The summed E-state index contributed by atoms with van der Waals surface area (Å²) in [6.45, 7) is 7.27. The summed E-state index contributed by atoms with van der Waals surface area (Å²) in [5.74, 6) is 0.971. The summed E-state index contributed by atoms with van der Waals surface area (Å²) in [4.78, 5) is 20.9. The molecule has 1 aromatic carbocycles. The second-order valence-corrected chi connectivity index (χ2v) is 8.14. The Morgan fingerprint density at radius 2 is 1.81 bits per heavy atom. The van der Waals surface area contributed by atoms with Crippen molar-refractivity contribution in [2.24, 2.45) is 4.99 Å². The van der Waals surface area contributed by atoms with Crippen LogP contribution in [0.1, 0.15) is 43.7 Å². The van der Waals surface area contributed by atoms with E-state index in [4.69, 9.17) is 0 Å². The number of carbonyl (C=O) groups excluding carboxylic acids is 1. The number of alkyl halides is 3. The second kappa shape index (κ2) is 10.8. The predicted molar refractivity (Wildman–Crippen MR) is 115 cm³/mol. The van der Waals surface area contributed by atoms with Gasteiger partial charge in [-0.05, 0) is 43.9 Å². The number of amides is 1. The molecule has 1 saturated heterocycles. The molecule has 0 spiro atoms. The summed E-state index contributed by atoms with van der Waals surface area (Å²) in [5, 5.41) is 6.31. The summed E-state index contributed by atoms with van der Waals surface area (Å²) in [6, 6.07) is 5.80. The molecule has 0 atom stereocenters. The first-order valence-corrected chi connectivity index (χ1v) is 11.1. The molecule has 2 aliphatic rings. The average Bonchev–Trinajstić information content (AvgIpc) is 3.55. The molecule has 1 saturated carbocycles. The number of rotatable bonds is 8. The second-order valence-electron chi connectivity index (χ2n) is 8.14. The van der Waals surface area contributed by atoms with Gasteiger partial charge in [0.2, 0.25) is 5.91 Å². The van der Waals surface area contributed by atoms with Crippen LogP contribution in [0.3, 0.4) is 0 Å². The van der Waals surface area contributed by atoms with Crippen LogP contribution in [0.5, 0.6) is 0 Å². The summed E-state index contributed by atoms with van der Waals surface area (Å²) in [5.41, 5.74) is 0.268. The maximum atomic E-state index is 12.7. The van der Waals surface area contributed by atoms with Crippen molar-refractivity contribution in [3.8, 4) is 0 Å². The number of benzene rings is 1. The van der Waals surface area contributed by atoms with Crippen molar-refractivity contribution >= 4 is 11.9 Å². The van der Waals surface area contributed by atoms with Gasteiger partial charge in [-0.1, -0.05) is 12.1 Å². The highest BCUT2D eigenvalue weighted by Crippen LogP contribution is 2.29. The molecule has 2 fully saturated rings. The highest BCUT2D eigenvalue weighted by Gasteiger charge is 2.30. The molecular formula is C22H32F3N5O. The van der Waals surface area contributed by atoms with Gasteiger partial charge in [0.05, 0.1) is 5.56 Å². The molecule has 6 nitrogen and oxygen atoms in total. The lowest BCUT2D eigenvalue weighted by atomic mass is 10.1. The molecule has 2 N–H and O–H groups in total. The number of halogens is 3. The third kappa shape index (κ3) is 7.72. The summed E-state index contributed by atoms with van der Waals surface area (Å²) in [7, 11) is 0. The Hall–Kier alpha value is -2.29. The number of nitrogens with zero attached hydrogens (tertiary/aromatic N) is 3. The molecule has 1 heterocycles. The summed E-state index contributed by atoms with van der Waals surface area (Å²) >= 11 is 0. The number of piperazine rings is 1. The maximum absolute atomic E-state index is 12.7. The lowest BCUT2D eigenvalue weighted by Crippen LogP contribution is -2.52. The Bertz CT molecular complexity index is 739. The minimum Gasteiger partial charge on any atom is -0.357 e. The van der Waals surface area contributed by atoms with E-state index in [-0.39, 0.29) is 5.91 Å². The molecular weight excluding hydrogens is 407 g/mol. The summed E-state index contributed by atoms with van der Waals surface area (Å²) in [6.07, 6.45) is -0.882. The number of carbonyl (C=O) groups is 1. The Kier molecular flexibility index (Phi) is 8.17. The van der Waals surface area contributed by atoms with E-state index in [0.717, 1.165) is 75.6 Å². The van der Waals surface area contributed by atoms with Crippen LogP contribution in [0.15, 0.2) is 29.3 Å². The third-order valence-corrected chi connectivity index (χ3v) is 5.46. The van der Waals surface area contributed by atoms with Gasteiger partial charge < -0.3 is 15.5 Å². The van der Waals surface area contributed by atoms with Crippen LogP contribution < -0.4 is 10.6 Å². The average molecular weight is 440 g/mol. The largest absolute Gasteiger partial charge is 0.416 e. The van der Waals surface area contributed by atoms with Crippen molar-refractivity contribution < 1.29 is 18.0 Å². The van der Waals surface area contributed by atoms with Crippen LogP contribution >= 0.6 is 0 Å². The van der Waals surface area contributed by atoms with Gasteiger partial charge in [-0.25, -0.2) is 0 Å². The van der Waals surface area contributed by atoms with Crippen LogP contribution in [0.25, 0.3) is 0 Å². The van der Waals surface area contributed by atoms with E-state index >= 15 is 0 Å². The topological polar surface area (TPSA) is 60.0 Å². The monoisotopic (exact) mass is 439 g/mol. The van der Waals surface area contributed by atoms with Gasteiger partial charge in [-0.15, -0.1) is 0 Å². The van der Waals surface area contributed by atoms with Crippen LogP contribution in [0, 0.1) is 0 Å². The zero-order valence-corrected chi connectivity index (χ0v) is 18.0. The number of guanidine groups is 1. The number of hydrogen-bond donors (Lipinski definition) is 2. The number of nitrogens with one attached hydrogen (secondary N) is 2. The normalized spacial score (nSPS) is 18.2. The molecule has 1 aliphatic carbocycles. The zero-order valence-electron chi connectivity index (χ0n) is 18.0. The van der Waals surface area contributed by atoms with Gasteiger partial charge in [0.15, 0.2) is 5.96 Å². The van der Waals surface area contributed by atoms with Gasteiger partial charge in [-0.2, -0.15) is 13.2 Å². The molecule has 0 bridgehead atoms. The third-order valence-electron chi connectivity index (χ3n) is 5.46. The SMILES string of the molecule is CCNC(=NCCCC(=O)NC1CC1)N1CCN(Cc2ccc(C(F)(F)F)cc2)CC1. The lowest BCUT2D eigenvalue weighted by molar-refractivity contribution is -0.137. The van der Waals surface area contributed by atoms with Crippen molar-refractivity contribution in [3.63, 3.8) is 0 Å². The van der Waals surface area contributed by atoms with Gasteiger partial charge >= 0.3 is 6.18 Å². The minimum absolute atomic E-state index is 0.111. The first-order chi connectivity index (χ1) is 14.8. The number of aliphatic imine (C=N–C) groups is 1. The fraction of sp³-hybridized carbons (Fsp3) is 0.636. The van der Waals surface area contributed by atoms with Crippen molar-refractivity contribution in [2.75, 3.05) is 39.3 Å². The molecule has 0 unspecified atom stereocenters. The van der Waals surface area contributed by atoms with Gasteiger partial charge in [0.1, 0.15) is 0 Å². The van der Waals surface area contributed by atoms with Crippen molar-refractivity contribution in [3.05, 3.63) is 35.4 Å². The molecule has 1 amide bonds. The Morgan fingerprint density at radius 1 is 1.13 bits per heavy atom. The van der Waals surface area contributed by atoms with E-state index in [1.807, 2.05) is 6.92 Å². The minimum atomic E-state index is -4.30. The standard InChI is InChI=1S/C22H32F3N5O/c1-2-26-21(27-11-3-4-20(31)28-19-9-10-19)30-14-12-29(13-15-30)16-17-5-7-18(8-6-17)22(23,24)25/h5-8,19H,2-4,9-16H2,1H3,(H,26,27)(H,28,31). The fourth-order valence-corrected chi connectivity index (χ4v) is 3.55. The lowest BCUT2D eigenvalue weighted by Gasteiger charge is -2.36. The van der Waals surface area contributed by atoms with Gasteiger partial charge in [-0.3, -0.25) is 14.7 Å². The van der Waals surface area contributed by atoms with E-state index in [9.17, 15) is 18.0 Å². The summed E-state index contributed by atoms with van der Waals surface area (Å²) < 4.78 is 38.1. The number of hydrogen-bond acceptors (Lipinski definition) is 3. The smallest absolute Gasteiger partial charge is 0.357 e. The van der Waals surface area contributed by atoms with Crippen LogP contribution in [-0.4, -0.2) is 67.0 Å².